The third-order valence-corrected chi connectivity index (χ3v) is 3.44. The molecule has 0 heterocycles. The first-order valence-electron chi connectivity index (χ1n) is 7.55. The van der Waals surface area contributed by atoms with Crippen molar-refractivity contribution < 1.29 is 4.74 Å². The van der Waals surface area contributed by atoms with Crippen LogP contribution in [-0.2, 0) is 4.74 Å². The van der Waals surface area contributed by atoms with Gasteiger partial charge in [0.15, 0.2) is 0 Å². The molecule has 0 aliphatic heterocycles. The van der Waals surface area contributed by atoms with Gasteiger partial charge in [-0.2, -0.15) is 0 Å². The van der Waals surface area contributed by atoms with Crippen molar-refractivity contribution in [1.29, 1.82) is 0 Å². The second-order valence-electron chi connectivity index (χ2n) is 5.10. The van der Waals surface area contributed by atoms with Crippen LogP contribution in [0.3, 0.4) is 0 Å². The van der Waals surface area contributed by atoms with Crippen LogP contribution in [-0.4, -0.2) is 19.8 Å². The Hall–Kier alpha value is -1.21. The van der Waals surface area contributed by atoms with E-state index in [9.17, 15) is 0 Å². The number of rotatable bonds is 7. The molecule has 2 unspecified atom stereocenters. The highest BCUT2D eigenvalue weighted by Gasteiger charge is 2.02. The van der Waals surface area contributed by atoms with Crippen LogP contribution in [0, 0.1) is 0 Å². The third kappa shape index (κ3) is 11.4. The van der Waals surface area contributed by atoms with Crippen LogP contribution in [0.5, 0.6) is 0 Å². The first kappa shape index (κ1) is 20.8. The SMILES string of the molecule is C=C(/C=C\C=C/C)CNC(P)c1ccccc1.COC(C)C. The van der Waals surface area contributed by atoms with Crippen molar-refractivity contribution >= 4 is 9.24 Å². The summed E-state index contributed by atoms with van der Waals surface area (Å²) in [4.78, 5) is 0. The number of methoxy groups -OCH3 is 1. The van der Waals surface area contributed by atoms with E-state index in [0.717, 1.165) is 12.1 Å². The summed E-state index contributed by atoms with van der Waals surface area (Å²) in [5, 5.41) is 3.41. The van der Waals surface area contributed by atoms with Crippen LogP contribution in [0.25, 0.3) is 0 Å². The number of hydrogen-bond donors (Lipinski definition) is 1. The predicted molar refractivity (Wildman–Crippen MR) is 102 cm³/mol. The van der Waals surface area contributed by atoms with Crippen LogP contribution in [0.2, 0.25) is 0 Å². The van der Waals surface area contributed by atoms with Gasteiger partial charge in [-0.25, -0.2) is 0 Å². The third-order valence-electron chi connectivity index (χ3n) is 2.81. The number of nitrogens with one attached hydrogen (secondary N) is 1. The van der Waals surface area contributed by atoms with Gasteiger partial charge in [0.2, 0.25) is 0 Å². The van der Waals surface area contributed by atoms with E-state index >= 15 is 0 Å². The molecule has 0 aliphatic carbocycles. The van der Waals surface area contributed by atoms with Crippen molar-refractivity contribution in [3.8, 4) is 0 Å². The van der Waals surface area contributed by atoms with Crippen LogP contribution < -0.4 is 5.32 Å². The van der Waals surface area contributed by atoms with Gasteiger partial charge >= 0.3 is 0 Å². The van der Waals surface area contributed by atoms with Gasteiger partial charge in [0.1, 0.15) is 0 Å². The van der Waals surface area contributed by atoms with Crippen molar-refractivity contribution in [2.24, 2.45) is 0 Å². The second-order valence-corrected chi connectivity index (χ2v) is 5.76. The first-order valence-corrected chi connectivity index (χ1v) is 8.21. The molecule has 0 amide bonds. The van der Waals surface area contributed by atoms with Gasteiger partial charge in [0.05, 0.1) is 6.10 Å². The Morgan fingerprint density at radius 1 is 1.27 bits per heavy atom. The zero-order valence-electron chi connectivity index (χ0n) is 14.3. The maximum Gasteiger partial charge on any atom is 0.0515 e. The summed E-state index contributed by atoms with van der Waals surface area (Å²) < 4.78 is 4.75. The molecule has 0 saturated heterocycles. The van der Waals surface area contributed by atoms with Crippen LogP contribution >= 0.6 is 9.24 Å². The minimum absolute atomic E-state index is 0.267. The maximum atomic E-state index is 4.75. The predicted octanol–water partition coefficient (Wildman–Crippen LogP) is 4.88. The molecular weight excluding hydrogens is 289 g/mol. The van der Waals surface area contributed by atoms with E-state index in [2.05, 4.69) is 45.4 Å². The van der Waals surface area contributed by atoms with Gasteiger partial charge in [-0.3, -0.25) is 0 Å². The summed E-state index contributed by atoms with van der Waals surface area (Å²) in [6.45, 7) is 10.8. The number of benzene rings is 1. The molecule has 0 saturated carbocycles. The standard InChI is InChI=1S/C15H20NP.C4H10O/c1-3-4-6-9-13(2)12-16-15(17)14-10-7-5-8-11-14;1-4(2)5-3/h3-11,15-16H,2,12,17H2,1H3;4H,1-3H3/b4-3-,9-6-;. The summed E-state index contributed by atoms with van der Waals surface area (Å²) in [5.74, 6) is 0.267. The monoisotopic (exact) mass is 319 g/mol. The first-order chi connectivity index (χ1) is 10.5. The molecule has 0 bridgehead atoms. The number of hydrogen-bond acceptors (Lipinski definition) is 2. The van der Waals surface area contributed by atoms with Crippen LogP contribution in [0.1, 0.15) is 32.1 Å². The van der Waals surface area contributed by atoms with Gasteiger partial charge in [0.25, 0.3) is 0 Å². The van der Waals surface area contributed by atoms with E-state index in [4.69, 9.17) is 4.74 Å². The molecule has 0 spiro atoms. The molecule has 0 fully saturated rings. The smallest absolute Gasteiger partial charge is 0.0515 e. The molecule has 3 heteroatoms. The number of ether oxygens (including phenoxy) is 1. The fraction of sp³-hybridized carbons (Fsp3) is 0.368. The minimum Gasteiger partial charge on any atom is -0.382 e. The Balaban J connectivity index is 0.000000763. The van der Waals surface area contributed by atoms with Gasteiger partial charge in [0, 0.05) is 19.4 Å². The summed E-state index contributed by atoms with van der Waals surface area (Å²) in [6, 6.07) is 10.4. The molecule has 0 radical (unpaired) electrons. The summed E-state index contributed by atoms with van der Waals surface area (Å²) in [7, 11) is 4.50. The van der Waals surface area contributed by atoms with E-state index in [0.29, 0.717) is 6.10 Å². The highest BCUT2D eigenvalue weighted by atomic mass is 31.0. The largest absolute Gasteiger partial charge is 0.382 e. The van der Waals surface area contributed by atoms with Gasteiger partial charge in [-0.05, 0) is 31.9 Å². The fourth-order valence-electron chi connectivity index (χ4n) is 1.38. The van der Waals surface area contributed by atoms with Crippen LogP contribution in [0.15, 0.2) is 66.8 Å². The maximum absolute atomic E-state index is 4.75. The highest BCUT2D eigenvalue weighted by molar-refractivity contribution is 7.17. The zero-order valence-corrected chi connectivity index (χ0v) is 15.4. The topological polar surface area (TPSA) is 21.3 Å². The summed E-state index contributed by atoms with van der Waals surface area (Å²) >= 11 is 0. The molecule has 22 heavy (non-hydrogen) atoms. The summed E-state index contributed by atoms with van der Waals surface area (Å²) in [6.07, 6.45) is 8.41. The van der Waals surface area contributed by atoms with Crippen molar-refractivity contribution in [2.45, 2.75) is 32.7 Å². The van der Waals surface area contributed by atoms with E-state index in [1.54, 1.807) is 7.11 Å². The molecule has 1 aromatic rings. The average Bonchev–Trinajstić information content (AvgIpc) is 2.54. The van der Waals surface area contributed by atoms with Crippen LogP contribution in [0.4, 0.5) is 0 Å². The Labute approximate surface area is 138 Å². The highest BCUT2D eigenvalue weighted by Crippen LogP contribution is 2.19. The van der Waals surface area contributed by atoms with E-state index in [-0.39, 0.29) is 5.78 Å². The number of allylic oxidation sites excluding steroid dienone is 3. The molecule has 122 valence electrons. The Morgan fingerprint density at radius 3 is 2.36 bits per heavy atom. The van der Waals surface area contributed by atoms with Crippen molar-refractivity contribution in [3.05, 3.63) is 72.4 Å². The van der Waals surface area contributed by atoms with Gasteiger partial charge in [-0.15, -0.1) is 9.24 Å². The quantitative estimate of drug-likeness (QED) is 0.571. The average molecular weight is 319 g/mol. The van der Waals surface area contributed by atoms with E-state index < -0.39 is 0 Å². The second kappa shape index (κ2) is 13.5. The molecule has 2 nitrogen and oxygen atoms in total. The lowest BCUT2D eigenvalue weighted by molar-refractivity contribution is 0.134. The molecule has 2 atom stereocenters. The molecule has 1 N–H and O–H groups in total. The molecule has 1 rings (SSSR count). The molecule has 0 aromatic heterocycles. The molecular formula is C19H30NOP. The normalized spacial score (nSPS) is 12.5. The summed E-state index contributed by atoms with van der Waals surface area (Å²) in [5.41, 5.74) is 2.34. The van der Waals surface area contributed by atoms with E-state index in [1.807, 2.05) is 51.1 Å². The lowest BCUT2D eigenvalue weighted by atomic mass is 10.2. The lowest BCUT2D eigenvalue weighted by Crippen LogP contribution is -2.18. The Morgan fingerprint density at radius 2 is 1.86 bits per heavy atom. The fourth-order valence-corrected chi connectivity index (χ4v) is 1.72. The lowest BCUT2D eigenvalue weighted by Gasteiger charge is -2.13. The van der Waals surface area contributed by atoms with Crippen molar-refractivity contribution in [2.75, 3.05) is 13.7 Å². The van der Waals surface area contributed by atoms with Gasteiger partial charge in [-0.1, -0.05) is 61.2 Å². The van der Waals surface area contributed by atoms with Gasteiger partial charge < -0.3 is 10.1 Å². The molecule has 0 aliphatic rings. The Bertz CT molecular complexity index is 452. The zero-order chi connectivity index (χ0) is 16.8. The minimum atomic E-state index is 0.267. The Kier molecular flexibility index (Phi) is 12.7. The van der Waals surface area contributed by atoms with E-state index in [1.165, 1.54) is 5.56 Å². The van der Waals surface area contributed by atoms with Crippen molar-refractivity contribution in [1.82, 2.24) is 5.32 Å². The molecule has 1 aromatic carbocycles. The van der Waals surface area contributed by atoms with Crippen molar-refractivity contribution in [3.63, 3.8) is 0 Å².